The molecule has 0 atom stereocenters. The first kappa shape index (κ1) is 14.1. The predicted molar refractivity (Wildman–Crippen MR) is 79.8 cm³/mol. The molecule has 2 rings (SSSR count). The highest BCUT2D eigenvalue weighted by molar-refractivity contribution is 5.34. The quantitative estimate of drug-likeness (QED) is 0.793. The number of nitrogens with one attached hydrogen (secondary N) is 1. The van der Waals surface area contributed by atoms with Gasteiger partial charge in [-0.1, -0.05) is 24.3 Å². The summed E-state index contributed by atoms with van der Waals surface area (Å²) in [7, 11) is 0. The van der Waals surface area contributed by atoms with E-state index < -0.39 is 0 Å². The number of nitrogens with zero attached hydrogens (tertiary/aromatic N) is 1. The summed E-state index contributed by atoms with van der Waals surface area (Å²) in [6.45, 7) is 10.1. The van der Waals surface area contributed by atoms with Crippen molar-refractivity contribution in [3.05, 3.63) is 42.5 Å². The summed E-state index contributed by atoms with van der Waals surface area (Å²) in [6, 6.07) is 8.22. The summed E-state index contributed by atoms with van der Waals surface area (Å²) < 4.78 is 5.92. The van der Waals surface area contributed by atoms with E-state index in [2.05, 4.69) is 22.9 Å². The van der Waals surface area contributed by atoms with Gasteiger partial charge < -0.3 is 10.1 Å². The Morgan fingerprint density at radius 1 is 1.26 bits per heavy atom. The van der Waals surface area contributed by atoms with Crippen LogP contribution < -0.4 is 10.1 Å². The molecule has 1 heterocycles. The third kappa shape index (κ3) is 4.69. The first-order valence-corrected chi connectivity index (χ1v) is 7.15. The van der Waals surface area contributed by atoms with Gasteiger partial charge in [0.15, 0.2) is 0 Å². The number of para-hydroxylation sites is 1. The van der Waals surface area contributed by atoms with Crippen LogP contribution in [0.25, 0.3) is 0 Å². The summed E-state index contributed by atoms with van der Waals surface area (Å²) in [5.41, 5.74) is 1.22. The summed E-state index contributed by atoms with van der Waals surface area (Å²) in [6.07, 6.45) is 4.01. The number of hydrogen-bond acceptors (Lipinski definition) is 3. The molecule has 0 unspecified atom stereocenters. The Bertz CT molecular complexity index is 384. The third-order valence-electron chi connectivity index (χ3n) is 3.43. The highest BCUT2D eigenvalue weighted by atomic mass is 16.5. The van der Waals surface area contributed by atoms with E-state index in [0.29, 0.717) is 0 Å². The molecule has 1 N–H and O–H groups in total. The maximum Gasteiger partial charge on any atom is 0.122 e. The van der Waals surface area contributed by atoms with Crippen molar-refractivity contribution in [2.75, 3.05) is 39.3 Å². The summed E-state index contributed by atoms with van der Waals surface area (Å²) in [5.74, 6) is 0.996. The van der Waals surface area contributed by atoms with Crippen LogP contribution in [0.1, 0.15) is 12.0 Å². The van der Waals surface area contributed by atoms with Crippen molar-refractivity contribution in [1.82, 2.24) is 10.2 Å². The van der Waals surface area contributed by atoms with Crippen LogP contribution in [0, 0.1) is 0 Å². The van der Waals surface area contributed by atoms with E-state index in [-0.39, 0.29) is 0 Å². The van der Waals surface area contributed by atoms with Gasteiger partial charge in [0.2, 0.25) is 0 Å². The van der Waals surface area contributed by atoms with E-state index in [4.69, 9.17) is 4.74 Å². The van der Waals surface area contributed by atoms with E-state index in [0.717, 1.165) is 45.0 Å². The van der Waals surface area contributed by atoms with Gasteiger partial charge in [-0.2, -0.15) is 0 Å². The molecule has 0 bridgehead atoms. The van der Waals surface area contributed by atoms with Gasteiger partial charge in [-0.3, -0.25) is 4.90 Å². The molecule has 1 saturated heterocycles. The fraction of sp³-hybridized carbons (Fsp3) is 0.500. The van der Waals surface area contributed by atoms with Crippen LogP contribution in [-0.4, -0.2) is 44.2 Å². The average molecular weight is 260 g/mol. The highest BCUT2D eigenvalue weighted by Gasteiger charge is 2.08. The van der Waals surface area contributed by atoms with Gasteiger partial charge in [0, 0.05) is 19.6 Å². The Hall–Kier alpha value is -1.32. The van der Waals surface area contributed by atoms with Crippen LogP contribution in [-0.2, 0) is 6.42 Å². The lowest BCUT2D eigenvalue weighted by molar-refractivity contribution is 0.217. The van der Waals surface area contributed by atoms with Gasteiger partial charge >= 0.3 is 0 Å². The molecule has 0 aromatic heterocycles. The Labute approximate surface area is 116 Å². The molecule has 1 aliphatic heterocycles. The standard InChI is InChI=1S/C16H24N2O/c1-2-6-15-7-3-4-8-16(15)19-14-13-18-11-5-9-17-10-12-18/h2-4,7-8,17H,1,5-6,9-14H2. The fourth-order valence-electron chi connectivity index (χ4n) is 2.38. The zero-order chi connectivity index (χ0) is 13.3. The van der Waals surface area contributed by atoms with Crippen LogP contribution in [0.4, 0.5) is 0 Å². The Balaban J connectivity index is 1.79. The van der Waals surface area contributed by atoms with Crippen molar-refractivity contribution in [3.8, 4) is 5.75 Å². The molecule has 1 aliphatic rings. The molecule has 0 aliphatic carbocycles. The maximum absolute atomic E-state index is 5.92. The first-order chi connectivity index (χ1) is 9.40. The largest absolute Gasteiger partial charge is 0.492 e. The van der Waals surface area contributed by atoms with Crippen molar-refractivity contribution in [1.29, 1.82) is 0 Å². The van der Waals surface area contributed by atoms with Gasteiger partial charge in [0.25, 0.3) is 0 Å². The molecule has 0 radical (unpaired) electrons. The van der Waals surface area contributed by atoms with Crippen LogP contribution in [0.15, 0.2) is 36.9 Å². The Morgan fingerprint density at radius 2 is 2.16 bits per heavy atom. The zero-order valence-electron chi connectivity index (χ0n) is 11.6. The van der Waals surface area contributed by atoms with Crippen LogP contribution >= 0.6 is 0 Å². The lowest BCUT2D eigenvalue weighted by Crippen LogP contribution is -2.31. The summed E-state index contributed by atoms with van der Waals surface area (Å²) >= 11 is 0. The van der Waals surface area contributed by atoms with E-state index in [1.807, 2.05) is 24.3 Å². The first-order valence-electron chi connectivity index (χ1n) is 7.15. The molecular weight excluding hydrogens is 236 g/mol. The normalized spacial score (nSPS) is 16.8. The minimum absolute atomic E-state index is 0.758. The van der Waals surface area contributed by atoms with Gasteiger partial charge in [-0.05, 0) is 37.6 Å². The molecular formula is C16H24N2O. The van der Waals surface area contributed by atoms with Crippen molar-refractivity contribution < 1.29 is 4.74 Å². The Morgan fingerprint density at radius 3 is 3.05 bits per heavy atom. The monoisotopic (exact) mass is 260 g/mol. The highest BCUT2D eigenvalue weighted by Crippen LogP contribution is 2.18. The Kier molecular flexibility index (Phi) is 5.92. The lowest BCUT2D eigenvalue weighted by Gasteiger charge is -2.20. The second-order valence-electron chi connectivity index (χ2n) is 4.89. The molecule has 3 heteroatoms. The van der Waals surface area contributed by atoms with Crippen molar-refractivity contribution in [2.24, 2.45) is 0 Å². The topological polar surface area (TPSA) is 24.5 Å². The average Bonchev–Trinajstić information content (AvgIpc) is 2.70. The number of rotatable bonds is 6. The minimum atomic E-state index is 0.758. The number of ether oxygens (including phenoxy) is 1. The molecule has 0 saturated carbocycles. The molecule has 1 aromatic carbocycles. The van der Waals surface area contributed by atoms with Gasteiger partial charge in [-0.25, -0.2) is 0 Å². The minimum Gasteiger partial charge on any atom is -0.492 e. The lowest BCUT2D eigenvalue weighted by atomic mass is 10.1. The summed E-state index contributed by atoms with van der Waals surface area (Å²) in [5, 5.41) is 3.42. The molecule has 0 spiro atoms. The third-order valence-corrected chi connectivity index (χ3v) is 3.43. The molecule has 19 heavy (non-hydrogen) atoms. The molecule has 0 amide bonds. The number of hydrogen-bond donors (Lipinski definition) is 1. The predicted octanol–water partition coefficient (Wildman–Crippen LogP) is 2.09. The van der Waals surface area contributed by atoms with E-state index in [1.54, 1.807) is 0 Å². The van der Waals surface area contributed by atoms with E-state index in [1.165, 1.54) is 18.5 Å². The van der Waals surface area contributed by atoms with Crippen LogP contribution in [0.2, 0.25) is 0 Å². The molecule has 1 fully saturated rings. The van der Waals surface area contributed by atoms with Gasteiger partial charge in [-0.15, -0.1) is 6.58 Å². The zero-order valence-corrected chi connectivity index (χ0v) is 11.6. The van der Waals surface area contributed by atoms with E-state index >= 15 is 0 Å². The molecule has 3 nitrogen and oxygen atoms in total. The molecule has 1 aromatic rings. The SMILES string of the molecule is C=CCc1ccccc1OCCN1CCCNCC1. The second kappa shape index (κ2) is 7.97. The fourth-order valence-corrected chi connectivity index (χ4v) is 2.38. The second-order valence-corrected chi connectivity index (χ2v) is 4.89. The van der Waals surface area contributed by atoms with Crippen molar-refractivity contribution >= 4 is 0 Å². The smallest absolute Gasteiger partial charge is 0.122 e. The van der Waals surface area contributed by atoms with Gasteiger partial charge in [0.05, 0.1) is 0 Å². The van der Waals surface area contributed by atoms with Crippen LogP contribution in [0.5, 0.6) is 5.75 Å². The number of allylic oxidation sites excluding steroid dienone is 1. The summed E-state index contributed by atoms with van der Waals surface area (Å²) in [4.78, 5) is 2.47. The number of benzene rings is 1. The van der Waals surface area contributed by atoms with Crippen LogP contribution in [0.3, 0.4) is 0 Å². The van der Waals surface area contributed by atoms with E-state index in [9.17, 15) is 0 Å². The van der Waals surface area contributed by atoms with Crippen molar-refractivity contribution in [3.63, 3.8) is 0 Å². The van der Waals surface area contributed by atoms with Gasteiger partial charge in [0.1, 0.15) is 12.4 Å². The molecule has 104 valence electrons. The maximum atomic E-state index is 5.92. The van der Waals surface area contributed by atoms with Crippen molar-refractivity contribution in [2.45, 2.75) is 12.8 Å².